The number of allylic oxidation sites excluding steroid dienone is 1. The first kappa shape index (κ1) is 24.0. The Bertz CT molecular complexity index is 2010. The van der Waals surface area contributed by atoms with E-state index in [1.165, 1.54) is 11.3 Å². The molecule has 2 aromatic heterocycles. The molecule has 0 radical (unpaired) electrons. The van der Waals surface area contributed by atoms with Crippen LogP contribution in [0.3, 0.4) is 0 Å². The lowest BCUT2D eigenvalue weighted by Crippen LogP contribution is -2.36. The lowest BCUT2D eigenvalue weighted by Gasteiger charge is -2.19. The predicted molar refractivity (Wildman–Crippen MR) is 161 cm³/mol. The van der Waals surface area contributed by atoms with E-state index in [2.05, 4.69) is 30.3 Å². The van der Waals surface area contributed by atoms with Gasteiger partial charge in [0.05, 0.1) is 27.7 Å². The minimum atomic E-state index is -0.392. The van der Waals surface area contributed by atoms with Crippen LogP contribution in [-0.2, 0) is 0 Å². The molecule has 0 N–H and O–H groups in total. The molecule has 0 aliphatic carbocycles. The highest BCUT2D eigenvalue weighted by molar-refractivity contribution is 7.07. The summed E-state index contributed by atoms with van der Waals surface area (Å²) in [6, 6.07) is 39.8. The Morgan fingerprint density at radius 2 is 1.32 bits per heavy atom. The lowest BCUT2D eigenvalue weighted by atomic mass is 9.99. The van der Waals surface area contributed by atoms with Crippen LogP contribution in [0.25, 0.3) is 28.7 Å². The van der Waals surface area contributed by atoms with Gasteiger partial charge in [0, 0.05) is 17.3 Å². The van der Waals surface area contributed by atoms with Gasteiger partial charge < -0.3 is 0 Å². The number of fused-ring (bicyclic) bond motifs is 1. The average Bonchev–Trinajstić information content (AvgIpc) is 3.60. The number of para-hydroxylation sites is 1. The van der Waals surface area contributed by atoms with Gasteiger partial charge in [0.15, 0.2) is 4.80 Å². The fourth-order valence-electron chi connectivity index (χ4n) is 5.01. The lowest BCUT2D eigenvalue weighted by molar-refractivity contribution is 0.645. The van der Waals surface area contributed by atoms with E-state index >= 15 is 0 Å². The second-order valence-corrected chi connectivity index (χ2v) is 10.5. The van der Waals surface area contributed by atoms with Gasteiger partial charge in [-0.25, -0.2) is 9.67 Å². The van der Waals surface area contributed by atoms with Crippen LogP contribution in [0, 0.1) is 0 Å². The Balaban J connectivity index is 1.49. The zero-order chi connectivity index (χ0) is 26.9. The maximum absolute atomic E-state index is 14.0. The van der Waals surface area contributed by atoms with Crippen molar-refractivity contribution in [3.63, 3.8) is 0 Å². The SMILES string of the molecule is O=c1/c(=C/c2ccccc2)sc2n1[C@@H](c1cn(-c3ccccc3)nc1-c1ccccc1)C=C(c1ccccc1)N=2. The van der Waals surface area contributed by atoms with Crippen molar-refractivity contribution >= 4 is 23.1 Å². The van der Waals surface area contributed by atoms with E-state index in [0.717, 1.165) is 39.3 Å². The van der Waals surface area contributed by atoms with Crippen molar-refractivity contribution in [3.05, 3.63) is 170 Å². The van der Waals surface area contributed by atoms with Crippen molar-refractivity contribution < 1.29 is 0 Å². The molecule has 0 unspecified atom stereocenters. The smallest absolute Gasteiger partial charge is 0.271 e. The van der Waals surface area contributed by atoms with Crippen molar-refractivity contribution in [1.82, 2.24) is 14.3 Å². The van der Waals surface area contributed by atoms with Crippen LogP contribution >= 0.6 is 11.3 Å². The third-order valence-corrected chi connectivity index (χ3v) is 7.93. The number of aromatic nitrogens is 3. The Kier molecular flexibility index (Phi) is 6.15. The van der Waals surface area contributed by atoms with E-state index in [0.29, 0.717) is 9.33 Å². The molecule has 40 heavy (non-hydrogen) atoms. The average molecular weight is 537 g/mol. The Morgan fingerprint density at radius 1 is 0.725 bits per heavy atom. The summed E-state index contributed by atoms with van der Waals surface area (Å²) in [4.78, 5) is 19.6. The standard InChI is InChI=1S/C34H24N4OS/c39-33-31(21-24-13-5-1-6-14-24)40-34-35-29(25-15-7-2-8-16-25)22-30(38(33)34)28-23-37(27-19-11-4-12-20-27)36-32(28)26-17-9-3-10-18-26/h1-23,30H/b31-21-/t30-/m1/s1. The summed E-state index contributed by atoms with van der Waals surface area (Å²) < 4.78 is 4.35. The Morgan fingerprint density at radius 3 is 2.00 bits per heavy atom. The van der Waals surface area contributed by atoms with Crippen molar-refractivity contribution in [1.29, 1.82) is 0 Å². The van der Waals surface area contributed by atoms with Crippen molar-refractivity contribution in [3.8, 4) is 16.9 Å². The molecule has 0 bridgehead atoms. The van der Waals surface area contributed by atoms with Crippen molar-refractivity contribution in [2.75, 3.05) is 0 Å². The molecule has 3 heterocycles. The predicted octanol–water partition coefficient (Wildman–Crippen LogP) is 5.86. The van der Waals surface area contributed by atoms with Gasteiger partial charge in [-0.1, -0.05) is 121 Å². The molecule has 192 valence electrons. The van der Waals surface area contributed by atoms with Gasteiger partial charge in [0.1, 0.15) is 0 Å². The molecule has 7 rings (SSSR count). The molecule has 6 aromatic rings. The zero-order valence-corrected chi connectivity index (χ0v) is 22.3. The second kappa shape index (κ2) is 10.2. The van der Waals surface area contributed by atoms with E-state index in [-0.39, 0.29) is 5.56 Å². The van der Waals surface area contributed by atoms with Gasteiger partial charge in [-0.2, -0.15) is 5.10 Å². The number of nitrogens with zero attached hydrogens (tertiary/aromatic N) is 4. The fraction of sp³-hybridized carbons (Fsp3) is 0.0294. The minimum absolute atomic E-state index is 0.0626. The van der Waals surface area contributed by atoms with E-state index in [4.69, 9.17) is 10.1 Å². The van der Waals surface area contributed by atoms with E-state index < -0.39 is 6.04 Å². The highest BCUT2D eigenvalue weighted by Gasteiger charge is 2.27. The van der Waals surface area contributed by atoms with E-state index in [1.807, 2.05) is 119 Å². The normalized spacial score (nSPS) is 14.8. The summed E-state index contributed by atoms with van der Waals surface area (Å²) in [7, 11) is 0. The summed E-state index contributed by atoms with van der Waals surface area (Å²) in [6.45, 7) is 0. The van der Waals surface area contributed by atoms with Crippen molar-refractivity contribution in [2.45, 2.75) is 6.04 Å². The van der Waals surface area contributed by atoms with Crippen LogP contribution in [-0.4, -0.2) is 14.3 Å². The molecular weight excluding hydrogens is 512 g/mol. The highest BCUT2D eigenvalue weighted by Crippen LogP contribution is 2.33. The van der Waals surface area contributed by atoms with Crippen LogP contribution in [0.5, 0.6) is 0 Å². The molecule has 0 fully saturated rings. The third-order valence-electron chi connectivity index (χ3n) is 6.94. The molecule has 0 saturated heterocycles. The number of hydrogen-bond acceptors (Lipinski definition) is 4. The number of hydrogen-bond donors (Lipinski definition) is 0. The molecule has 0 amide bonds. The van der Waals surface area contributed by atoms with Gasteiger partial charge in [0.2, 0.25) is 0 Å². The molecule has 1 aliphatic heterocycles. The largest absolute Gasteiger partial charge is 0.272 e. The number of benzene rings is 4. The zero-order valence-electron chi connectivity index (χ0n) is 21.5. The van der Waals surface area contributed by atoms with Gasteiger partial charge in [-0.15, -0.1) is 0 Å². The molecule has 6 heteroatoms. The maximum atomic E-state index is 14.0. The first-order valence-corrected chi connectivity index (χ1v) is 13.9. The number of rotatable bonds is 5. The quantitative estimate of drug-likeness (QED) is 0.277. The topological polar surface area (TPSA) is 52.2 Å². The van der Waals surface area contributed by atoms with Gasteiger partial charge >= 0.3 is 0 Å². The van der Waals surface area contributed by atoms with Crippen LogP contribution in [0.1, 0.15) is 22.7 Å². The highest BCUT2D eigenvalue weighted by atomic mass is 32.1. The molecule has 1 aliphatic rings. The van der Waals surface area contributed by atoms with E-state index in [1.54, 1.807) is 0 Å². The number of thiazole rings is 1. The van der Waals surface area contributed by atoms with Crippen LogP contribution in [0.4, 0.5) is 0 Å². The maximum Gasteiger partial charge on any atom is 0.271 e. The molecule has 0 saturated carbocycles. The first-order valence-electron chi connectivity index (χ1n) is 13.1. The summed E-state index contributed by atoms with van der Waals surface area (Å²) in [5.41, 5.74) is 6.47. The molecule has 1 atom stereocenters. The first-order chi connectivity index (χ1) is 19.7. The van der Waals surface area contributed by atoms with Crippen LogP contribution in [0.15, 0.2) is 143 Å². The van der Waals surface area contributed by atoms with E-state index in [9.17, 15) is 4.79 Å². The van der Waals surface area contributed by atoms with Gasteiger partial charge in [-0.05, 0) is 35.4 Å². The summed E-state index contributed by atoms with van der Waals surface area (Å²) in [5.74, 6) is 0. The Labute approximate surface area is 235 Å². The molecular formula is C34H24N4OS. The second-order valence-electron chi connectivity index (χ2n) is 9.53. The molecule has 4 aromatic carbocycles. The molecule has 5 nitrogen and oxygen atoms in total. The minimum Gasteiger partial charge on any atom is -0.272 e. The molecule has 0 spiro atoms. The third kappa shape index (κ3) is 4.44. The fourth-order valence-corrected chi connectivity index (χ4v) is 6.03. The summed E-state index contributed by atoms with van der Waals surface area (Å²) in [5, 5.41) is 5.04. The van der Waals surface area contributed by atoms with Crippen LogP contribution in [0.2, 0.25) is 0 Å². The van der Waals surface area contributed by atoms with Gasteiger partial charge in [-0.3, -0.25) is 9.36 Å². The van der Waals surface area contributed by atoms with Crippen LogP contribution < -0.4 is 14.9 Å². The van der Waals surface area contributed by atoms with Gasteiger partial charge in [0.25, 0.3) is 5.56 Å². The summed E-state index contributed by atoms with van der Waals surface area (Å²) in [6.07, 6.45) is 6.07. The monoisotopic (exact) mass is 536 g/mol. The summed E-state index contributed by atoms with van der Waals surface area (Å²) >= 11 is 1.42. The Hall–Kier alpha value is -5.07. The van der Waals surface area contributed by atoms with Crippen molar-refractivity contribution in [2.24, 2.45) is 4.99 Å².